The van der Waals surface area contributed by atoms with Crippen LogP contribution in [0, 0.1) is 0 Å². The second-order valence-corrected chi connectivity index (χ2v) is 4.94. The van der Waals surface area contributed by atoms with Crippen molar-refractivity contribution >= 4 is 11.8 Å². The topological polar surface area (TPSA) is 59.1 Å². The lowest BCUT2D eigenvalue weighted by atomic mass is 10.1. The Hall–Kier alpha value is -0.580. The maximum atomic E-state index is 8.79. The van der Waals surface area contributed by atoms with Crippen molar-refractivity contribution in [1.82, 2.24) is 4.98 Å². The Labute approximate surface area is 101 Å². The number of hydrogen-bond acceptors (Lipinski definition) is 4. The lowest BCUT2D eigenvalue weighted by molar-refractivity contribution is 0.296. The average Bonchev–Trinajstić information content (AvgIpc) is 2.35. The van der Waals surface area contributed by atoms with Crippen molar-refractivity contribution in [2.24, 2.45) is 5.73 Å². The molecule has 0 aliphatic rings. The van der Waals surface area contributed by atoms with E-state index in [0.29, 0.717) is 0 Å². The van der Waals surface area contributed by atoms with Gasteiger partial charge in [0.25, 0.3) is 0 Å². The number of nitrogens with two attached hydrogens (primary N) is 1. The first-order chi connectivity index (χ1) is 7.79. The Bertz CT molecular complexity index is 282. The van der Waals surface area contributed by atoms with E-state index in [0.717, 1.165) is 24.3 Å². The van der Waals surface area contributed by atoms with Gasteiger partial charge in [-0.15, -0.1) is 0 Å². The highest BCUT2D eigenvalue weighted by molar-refractivity contribution is 7.99. The number of aromatic nitrogens is 1. The van der Waals surface area contributed by atoms with E-state index < -0.39 is 0 Å². The number of hydrogen-bond donors (Lipinski definition) is 2. The van der Waals surface area contributed by atoms with Crippen LogP contribution in [-0.2, 0) is 0 Å². The van der Waals surface area contributed by atoms with Gasteiger partial charge in [-0.25, -0.2) is 0 Å². The molecule has 0 aromatic carbocycles. The number of rotatable bonds is 7. The number of thioether (sulfide) groups is 1. The van der Waals surface area contributed by atoms with Gasteiger partial charge in [0.05, 0.1) is 10.9 Å². The monoisotopic (exact) mass is 240 g/mol. The van der Waals surface area contributed by atoms with Gasteiger partial charge >= 0.3 is 0 Å². The van der Waals surface area contributed by atoms with E-state index in [2.05, 4.69) is 11.9 Å². The lowest BCUT2D eigenvalue weighted by Gasteiger charge is -2.21. The van der Waals surface area contributed by atoms with Crippen molar-refractivity contribution in [3.05, 3.63) is 30.1 Å². The quantitative estimate of drug-likeness (QED) is 0.715. The van der Waals surface area contributed by atoms with Gasteiger partial charge in [0.2, 0.25) is 0 Å². The largest absolute Gasteiger partial charge is 0.396 e. The van der Waals surface area contributed by atoms with E-state index in [9.17, 15) is 0 Å². The molecular weight excluding hydrogens is 220 g/mol. The van der Waals surface area contributed by atoms with Gasteiger partial charge in [0.1, 0.15) is 0 Å². The Morgan fingerprint density at radius 2 is 2.31 bits per heavy atom. The molecule has 0 bridgehead atoms. The molecule has 1 aromatic rings. The minimum absolute atomic E-state index is 0.124. The summed E-state index contributed by atoms with van der Waals surface area (Å²) in [4.78, 5) is 4.36. The van der Waals surface area contributed by atoms with Crippen molar-refractivity contribution in [2.45, 2.75) is 31.1 Å². The smallest absolute Gasteiger partial charge is 0.0620 e. The fourth-order valence-electron chi connectivity index (χ4n) is 1.46. The summed E-state index contributed by atoms with van der Waals surface area (Å²) in [5.41, 5.74) is 7.15. The highest BCUT2D eigenvalue weighted by atomic mass is 32.2. The fraction of sp³-hybridized carbons (Fsp3) is 0.583. The Balaban J connectivity index is 2.64. The third-order valence-corrected chi connectivity index (χ3v) is 3.91. The molecule has 1 heterocycles. The highest BCUT2D eigenvalue weighted by Crippen LogP contribution is 2.31. The summed E-state index contributed by atoms with van der Waals surface area (Å²) in [5.74, 6) is 0.922. The molecule has 3 nitrogen and oxygen atoms in total. The second-order valence-electron chi connectivity index (χ2n) is 3.70. The van der Waals surface area contributed by atoms with E-state index >= 15 is 0 Å². The molecule has 0 spiro atoms. The Morgan fingerprint density at radius 1 is 1.50 bits per heavy atom. The van der Waals surface area contributed by atoms with Gasteiger partial charge in [-0.05, 0) is 30.7 Å². The molecule has 0 fully saturated rings. The maximum Gasteiger partial charge on any atom is 0.0620 e. The molecule has 2 unspecified atom stereocenters. The zero-order chi connectivity index (χ0) is 11.8. The van der Waals surface area contributed by atoms with E-state index in [1.54, 1.807) is 18.0 Å². The summed E-state index contributed by atoms with van der Waals surface area (Å²) in [6.07, 6.45) is 3.55. The van der Waals surface area contributed by atoms with Crippen LogP contribution in [0.1, 0.15) is 30.7 Å². The van der Waals surface area contributed by atoms with Crippen LogP contribution in [0.2, 0.25) is 0 Å². The van der Waals surface area contributed by atoms with E-state index in [1.165, 1.54) is 0 Å². The van der Waals surface area contributed by atoms with Gasteiger partial charge in [-0.1, -0.05) is 13.0 Å². The number of nitrogens with zero attached hydrogens (tertiary/aromatic N) is 1. The summed E-state index contributed by atoms with van der Waals surface area (Å²) in [6, 6.07) is 6.05. The summed E-state index contributed by atoms with van der Waals surface area (Å²) in [7, 11) is 0. The van der Waals surface area contributed by atoms with E-state index in [1.807, 2.05) is 18.2 Å². The van der Waals surface area contributed by atoms with Crippen molar-refractivity contribution < 1.29 is 5.11 Å². The predicted molar refractivity (Wildman–Crippen MR) is 69.4 cm³/mol. The average molecular weight is 240 g/mol. The van der Waals surface area contributed by atoms with E-state index in [4.69, 9.17) is 10.8 Å². The Morgan fingerprint density at radius 3 is 2.88 bits per heavy atom. The molecule has 4 heteroatoms. The normalized spacial score (nSPS) is 14.7. The highest BCUT2D eigenvalue weighted by Gasteiger charge is 2.19. The molecule has 1 aromatic heterocycles. The molecule has 2 atom stereocenters. The maximum absolute atomic E-state index is 8.79. The Kier molecular flexibility index (Phi) is 6.45. The van der Waals surface area contributed by atoms with Crippen LogP contribution in [0.15, 0.2) is 24.4 Å². The molecule has 3 N–H and O–H groups in total. The first kappa shape index (κ1) is 13.5. The zero-order valence-corrected chi connectivity index (χ0v) is 10.5. The fourth-order valence-corrected chi connectivity index (χ4v) is 2.76. The minimum Gasteiger partial charge on any atom is -0.396 e. The molecule has 0 saturated heterocycles. The molecule has 0 aliphatic heterocycles. The van der Waals surface area contributed by atoms with Crippen LogP contribution in [0.5, 0.6) is 0 Å². The van der Waals surface area contributed by atoms with Crippen LogP contribution in [0.25, 0.3) is 0 Å². The lowest BCUT2D eigenvalue weighted by Crippen LogP contribution is -2.26. The third kappa shape index (κ3) is 4.12. The first-order valence-corrected chi connectivity index (χ1v) is 6.73. The van der Waals surface area contributed by atoms with Gasteiger partial charge in [0.15, 0.2) is 0 Å². The molecule has 16 heavy (non-hydrogen) atoms. The van der Waals surface area contributed by atoms with Gasteiger partial charge in [0, 0.05) is 18.8 Å². The summed E-state index contributed by atoms with van der Waals surface area (Å²) in [5, 5.41) is 9.02. The molecule has 90 valence electrons. The van der Waals surface area contributed by atoms with Crippen LogP contribution in [-0.4, -0.2) is 28.5 Å². The van der Waals surface area contributed by atoms with Gasteiger partial charge in [-0.2, -0.15) is 11.8 Å². The van der Waals surface area contributed by atoms with Crippen LogP contribution >= 0.6 is 11.8 Å². The number of aliphatic hydroxyl groups is 1. The molecule has 0 radical (unpaired) electrons. The molecule has 0 saturated carbocycles. The van der Waals surface area contributed by atoms with Crippen LogP contribution in [0.3, 0.4) is 0 Å². The van der Waals surface area contributed by atoms with Gasteiger partial charge in [-0.3, -0.25) is 4.98 Å². The standard InChI is InChI=1S/C12H20N2OS/c1-2-10(13)12(16-9-5-8-15)11-6-3-4-7-14-11/h3-4,6-7,10,12,15H,2,5,8-9,13H2,1H3. The molecular formula is C12H20N2OS. The minimum atomic E-state index is 0.124. The van der Waals surface area contributed by atoms with Crippen molar-refractivity contribution in [3.63, 3.8) is 0 Å². The first-order valence-electron chi connectivity index (χ1n) is 5.68. The summed E-state index contributed by atoms with van der Waals surface area (Å²) >= 11 is 1.78. The summed E-state index contributed by atoms with van der Waals surface area (Å²) < 4.78 is 0. The zero-order valence-electron chi connectivity index (χ0n) is 9.67. The van der Waals surface area contributed by atoms with Crippen molar-refractivity contribution in [3.8, 4) is 0 Å². The SMILES string of the molecule is CCC(N)C(SCCCO)c1ccccn1. The molecule has 1 rings (SSSR count). The number of aliphatic hydroxyl groups excluding tert-OH is 1. The van der Waals surface area contributed by atoms with Crippen LogP contribution < -0.4 is 5.73 Å². The summed E-state index contributed by atoms with van der Waals surface area (Å²) in [6.45, 7) is 2.33. The van der Waals surface area contributed by atoms with Crippen molar-refractivity contribution in [2.75, 3.05) is 12.4 Å². The van der Waals surface area contributed by atoms with E-state index in [-0.39, 0.29) is 17.9 Å². The number of pyridine rings is 1. The van der Waals surface area contributed by atoms with Crippen LogP contribution in [0.4, 0.5) is 0 Å². The third-order valence-electron chi connectivity index (χ3n) is 2.44. The second kappa shape index (κ2) is 7.65. The molecule has 0 amide bonds. The van der Waals surface area contributed by atoms with Crippen molar-refractivity contribution in [1.29, 1.82) is 0 Å². The van der Waals surface area contributed by atoms with Gasteiger partial charge < -0.3 is 10.8 Å². The predicted octanol–water partition coefficient (Wildman–Crippen LogP) is 1.98. The molecule has 0 aliphatic carbocycles.